The predicted octanol–water partition coefficient (Wildman–Crippen LogP) is 3.97. The van der Waals surface area contributed by atoms with Crippen molar-refractivity contribution in [1.29, 1.82) is 0 Å². The molecule has 0 amide bonds. The number of nitrogens with zero attached hydrogens (tertiary/aromatic N) is 1. The van der Waals surface area contributed by atoms with Gasteiger partial charge < -0.3 is 4.74 Å². The van der Waals surface area contributed by atoms with E-state index in [0.717, 1.165) is 5.56 Å². The fourth-order valence-electron chi connectivity index (χ4n) is 1.30. The first-order chi connectivity index (χ1) is 7.65. The number of aryl methyl sites for hydroxylation is 1. The zero-order valence-electron chi connectivity index (χ0n) is 8.58. The van der Waals surface area contributed by atoms with Gasteiger partial charge in [0.15, 0.2) is 0 Å². The Hall–Kier alpha value is -1.61. The van der Waals surface area contributed by atoms with Crippen molar-refractivity contribution in [2.75, 3.05) is 0 Å². The van der Waals surface area contributed by atoms with Crippen LogP contribution in [-0.2, 0) is 0 Å². The van der Waals surface area contributed by atoms with Gasteiger partial charge in [0.2, 0.25) is 0 Å². The number of benzene rings is 1. The Kier molecular flexibility index (Phi) is 3.06. The van der Waals surface area contributed by atoms with E-state index in [1.165, 1.54) is 12.1 Å². The van der Waals surface area contributed by atoms with Crippen LogP contribution in [0.15, 0.2) is 36.5 Å². The molecule has 1 heterocycles. The fourth-order valence-corrected chi connectivity index (χ4v) is 1.47. The summed E-state index contributed by atoms with van der Waals surface area (Å²) in [6, 6.07) is 7.64. The minimum Gasteiger partial charge on any atom is -0.457 e. The third-order valence-corrected chi connectivity index (χ3v) is 2.27. The van der Waals surface area contributed by atoms with Crippen molar-refractivity contribution in [2.24, 2.45) is 0 Å². The van der Waals surface area contributed by atoms with Gasteiger partial charge in [-0.2, -0.15) is 0 Å². The van der Waals surface area contributed by atoms with Crippen molar-refractivity contribution in [1.82, 2.24) is 4.98 Å². The van der Waals surface area contributed by atoms with E-state index in [1.807, 2.05) is 0 Å². The molecule has 1 aromatic heterocycles. The van der Waals surface area contributed by atoms with E-state index in [4.69, 9.17) is 16.3 Å². The number of aromatic nitrogens is 1. The molecular formula is C12H9ClFNO. The van der Waals surface area contributed by atoms with Crippen LogP contribution in [-0.4, -0.2) is 4.98 Å². The summed E-state index contributed by atoms with van der Waals surface area (Å²) in [4.78, 5) is 3.84. The minimum absolute atomic E-state index is 0.280. The molecule has 0 spiro atoms. The highest BCUT2D eigenvalue weighted by atomic mass is 35.5. The van der Waals surface area contributed by atoms with Gasteiger partial charge in [0.1, 0.15) is 22.5 Å². The summed E-state index contributed by atoms with van der Waals surface area (Å²) in [7, 11) is 0. The van der Waals surface area contributed by atoms with Gasteiger partial charge in [-0.05, 0) is 36.8 Å². The van der Waals surface area contributed by atoms with Crippen LogP contribution in [0.3, 0.4) is 0 Å². The van der Waals surface area contributed by atoms with Crippen LogP contribution >= 0.6 is 11.6 Å². The van der Waals surface area contributed by atoms with Gasteiger partial charge in [-0.15, -0.1) is 0 Å². The Morgan fingerprint density at radius 2 is 2.06 bits per heavy atom. The molecular weight excluding hydrogens is 229 g/mol. The molecule has 0 radical (unpaired) electrons. The highest BCUT2D eigenvalue weighted by molar-refractivity contribution is 6.29. The quantitative estimate of drug-likeness (QED) is 0.738. The lowest BCUT2D eigenvalue weighted by Crippen LogP contribution is -1.89. The normalized spacial score (nSPS) is 10.2. The van der Waals surface area contributed by atoms with Gasteiger partial charge in [0.05, 0.1) is 0 Å². The van der Waals surface area contributed by atoms with Crippen molar-refractivity contribution in [3.05, 3.63) is 53.1 Å². The Morgan fingerprint density at radius 3 is 2.75 bits per heavy atom. The van der Waals surface area contributed by atoms with E-state index in [0.29, 0.717) is 16.7 Å². The number of rotatable bonds is 2. The number of hydrogen-bond donors (Lipinski definition) is 0. The SMILES string of the molecule is Cc1cc(F)ccc1Oc1ccnc(Cl)c1. The van der Waals surface area contributed by atoms with Gasteiger partial charge in [-0.25, -0.2) is 9.37 Å². The summed E-state index contributed by atoms with van der Waals surface area (Å²) >= 11 is 5.72. The Balaban J connectivity index is 2.27. The zero-order chi connectivity index (χ0) is 11.5. The van der Waals surface area contributed by atoms with Crippen molar-refractivity contribution in [2.45, 2.75) is 6.92 Å². The average Bonchev–Trinajstić information content (AvgIpc) is 2.22. The van der Waals surface area contributed by atoms with E-state index in [1.54, 1.807) is 31.3 Å². The van der Waals surface area contributed by atoms with Crippen LogP contribution in [0.5, 0.6) is 11.5 Å². The lowest BCUT2D eigenvalue weighted by molar-refractivity contribution is 0.476. The molecule has 0 unspecified atom stereocenters. The molecule has 0 atom stereocenters. The maximum Gasteiger partial charge on any atom is 0.132 e. The van der Waals surface area contributed by atoms with Crippen LogP contribution in [0.25, 0.3) is 0 Å². The molecule has 2 rings (SSSR count). The average molecular weight is 238 g/mol. The molecule has 0 bridgehead atoms. The molecule has 0 aliphatic carbocycles. The van der Waals surface area contributed by atoms with E-state index in [-0.39, 0.29) is 5.82 Å². The molecule has 0 aliphatic rings. The molecule has 4 heteroatoms. The first-order valence-corrected chi connectivity index (χ1v) is 5.08. The molecule has 0 fully saturated rings. The third kappa shape index (κ3) is 2.49. The van der Waals surface area contributed by atoms with Crippen LogP contribution in [0, 0.1) is 12.7 Å². The first kappa shape index (κ1) is 10.9. The lowest BCUT2D eigenvalue weighted by Gasteiger charge is -2.08. The maximum absolute atomic E-state index is 12.9. The zero-order valence-corrected chi connectivity index (χ0v) is 9.33. The summed E-state index contributed by atoms with van der Waals surface area (Å²) in [6.45, 7) is 1.78. The van der Waals surface area contributed by atoms with E-state index in [9.17, 15) is 4.39 Å². The molecule has 82 valence electrons. The summed E-state index contributed by atoms with van der Waals surface area (Å²) < 4.78 is 18.4. The van der Waals surface area contributed by atoms with Crippen molar-refractivity contribution < 1.29 is 9.13 Å². The van der Waals surface area contributed by atoms with Gasteiger partial charge in [-0.1, -0.05) is 11.6 Å². The number of hydrogen-bond acceptors (Lipinski definition) is 2. The van der Waals surface area contributed by atoms with Crippen molar-refractivity contribution in [3.63, 3.8) is 0 Å². The summed E-state index contributed by atoms with van der Waals surface area (Å²) in [5.41, 5.74) is 0.730. The van der Waals surface area contributed by atoms with Crippen molar-refractivity contribution >= 4 is 11.6 Å². The number of pyridine rings is 1. The minimum atomic E-state index is -0.280. The molecule has 16 heavy (non-hydrogen) atoms. The van der Waals surface area contributed by atoms with Crippen LogP contribution in [0.4, 0.5) is 4.39 Å². The van der Waals surface area contributed by atoms with E-state index < -0.39 is 0 Å². The third-order valence-electron chi connectivity index (χ3n) is 2.06. The molecule has 0 aliphatic heterocycles. The molecule has 2 aromatic rings. The van der Waals surface area contributed by atoms with Crippen molar-refractivity contribution in [3.8, 4) is 11.5 Å². The second-order valence-corrected chi connectivity index (χ2v) is 3.71. The fraction of sp³-hybridized carbons (Fsp3) is 0.0833. The predicted molar refractivity (Wildman–Crippen MR) is 60.5 cm³/mol. The van der Waals surface area contributed by atoms with Gasteiger partial charge in [-0.3, -0.25) is 0 Å². The van der Waals surface area contributed by atoms with Crippen LogP contribution < -0.4 is 4.74 Å². The summed E-state index contributed by atoms with van der Waals surface area (Å²) in [6.07, 6.45) is 1.55. The van der Waals surface area contributed by atoms with Gasteiger partial charge in [0.25, 0.3) is 0 Å². The monoisotopic (exact) mass is 237 g/mol. The smallest absolute Gasteiger partial charge is 0.132 e. The topological polar surface area (TPSA) is 22.1 Å². The second-order valence-electron chi connectivity index (χ2n) is 3.33. The first-order valence-electron chi connectivity index (χ1n) is 4.71. The maximum atomic E-state index is 12.9. The molecule has 0 N–H and O–H groups in total. The van der Waals surface area contributed by atoms with E-state index >= 15 is 0 Å². The van der Waals surface area contributed by atoms with Gasteiger partial charge in [0, 0.05) is 12.3 Å². The molecule has 2 nitrogen and oxygen atoms in total. The van der Waals surface area contributed by atoms with Crippen LogP contribution in [0.1, 0.15) is 5.56 Å². The number of ether oxygens (including phenoxy) is 1. The largest absolute Gasteiger partial charge is 0.457 e. The standard InChI is InChI=1S/C12H9ClFNO/c1-8-6-9(14)2-3-11(8)16-10-4-5-15-12(13)7-10/h2-7H,1H3. The number of halogens is 2. The lowest BCUT2D eigenvalue weighted by atomic mass is 10.2. The highest BCUT2D eigenvalue weighted by Crippen LogP contribution is 2.26. The second kappa shape index (κ2) is 4.49. The summed E-state index contributed by atoms with van der Waals surface area (Å²) in [5, 5.41) is 0.359. The van der Waals surface area contributed by atoms with E-state index in [2.05, 4.69) is 4.98 Å². The molecule has 0 saturated carbocycles. The molecule has 0 saturated heterocycles. The Morgan fingerprint density at radius 1 is 1.25 bits per heavy atom. The summed E-state index contributed by atoms with van der Waals surface area (Å²) in [5.74, 6) is 0.899. The Labute approximate surface area is 97.7 Å². The highest BCUT2D eigenvalue weighted by Gasteiger charge is 2.03. The Bertz CT molecular complexity index is 516. The van der Waals surface area contributed by atoms with Crippen LogP contribution in [0.2, 0.25) is 5.15 Å². The van der Waals surface area contributed by atoms with Gasteiger partial charge >= 0.3 is 0 Å². The molecule has 1 aromatic carbocycles.